The number of aryl methyl sites for hydroxylation is 1. The number of hydrogen-bond acceptors (Lipinski definition) is 4. The standard InChI is InChI=1S/C19H25NO4/c1-13(21)20-11-10-15-7-5-6-14-8-9-16(12-17(14)15)23-18(22)24-19(2,3)4/h7-9,12H,5-6,10-11H2,1-4H3,(H,20,21). The third kappa shape index (κ3) is 5.41. The lowest BCUT2D eigenvalue weighted by molar-refractivity contribution is -0.118. The molecule has 0 radical (unpaired) electrons. The zero-order chi connectivity index (χ0) is 17.7. The van der Waals surface area contributed by atoms with Gasteiger partial charge in [0.15, 0.2) is 0 Å². The van der Waals surface area contributed by atoms with Crippen molar-refractivity contribution in [3.63, 3.8) is 0 Å². The van der Waals surface area contributed by atoms with Crippen LogP contribution >= 0.6 is 0 Å². The molecular weight excluding hydrogens is 306 g/mol. The molecule has 130 valence electrons. The molecule has 0 aliphatic heterocycles. The number of fused-ring (bicyclic) bond motifs is 1. The number of rotatable bonds is 4. The van der Waals surface area contributed by atoms with E-state index in [1.54, 1.807) is 26.8 Å². The summed E-state index contributed by atoms with van der Waals surface area (Å²) in [5.74, 6) is 0.434. The van der Waals surface area contributed by atoms with E-state index in [1.165, 1.54) is 18.1 Å². The number of ether oxygens (including phenoxy) is 2. The first kappa shape index (κ1) is 18.0. The molecule has 1 aliphatic carbocycles. The number of carbonyl (C=O) groups excluding carboxylic acids is 2. The number of allylic oxidation sites excluding steroid dienone is 1. The number of nitrogens with one attached hydrogen (secondary N) is 1. The van der Waals surface area contributed by atoms with Crippen molar-refractivity contribution in [1.82, 2.24) is 5.32 Å². The van der Waals surface area contributed by atoms with Crippen LogP contribution in [0.3, 0.4) is 0 Å². The Kier molecular flexibility index (Phi) is 5.65. The Morgan fingerprint density at radius 2 is 2.00 bits per heavy atom. The Labute approximate surface area is 143 Å². The van der Waals surface area contributed by atoms with Gasteiger partial charge in [0.25, 0.3) is 0 Å². The highest BCUT2D eigenvalue weighted by Gasteiger charge is 2.19. The molecule has 1 aromatic rings. The number of hydrogen-bond donors (Lipinski definition) is 1. The van der Waals surface area contributed by atoms with Crippen molar-refractivity contribution >= 4 is 17.6 Å². The van der Waals surface area contributed by atoms with Crippen molar-refractivity contribution in [2.45, 2.75) is 52.6 Å². The van der Waals surface area contributed by atoms with Crippen molar-refractivity contribution in [1.29, 1.82) is 0 Å². The Morgan fingerprint density at radius 1 is 1.25 bits per heavy atom. The van der Waals surface area contributed by atoms with Crippen molar-refractivity contribution in [2.75, 3.05) is 6.54 Å². The summed E-state index contributed by atoms with van der Waals surface area (Å²) in [6.07, 6.45) is 4.17. The summed E-state index contributed by atoms with van der Waals surface area (Å²) < 4.78 is 10.5. The van der Waals surface area contributed by atoms with Gasteiger partial charge in [-0.05, 0) is 68.9 Å². The highest BCUT2D eigenvalue weighted by atomic mass is 16.7. The molecule has 1 amide bonds. The van der Waals surface area contributed by atoms with E-state index in [9.17, 15) is 9.59 Å². The molecule has 1 N–H and O–H groups in total. The van der Waals surface area contributed by atoms with E-state index in [4.69, 9.17) is 9.47 Å². The SMILES string of the molecule is CC(=O)NCCC1=CCCc2ccc(OC(=O)OC(C)(C)C)cc21. The summed E-state index contributed by atoms with van der Waals surface area (Å²) in [6.45, 7) is 7.49. The molecule has 0 saturated heterocycles. The minimum atomic E-state index is -0.706. The van der Waals surface area contributed by atoms with Crippen LogP contribution in [0.25, 0.3) is 5.57 Å². The minimum absolute atomic E-state index is 0.0337. The van der Waals surface area contributed by atoms with Gasteiger partial charge >= 0.3 is 6.16 Å². The second kappa shape index (κ2) is 7.51. The van der Waals surface area contributed by atoms with Crippen LogP contribution in [0.15, 0.2) is 24.3 Å². The zero-order valence-electron chi connectivity index (χ0n) is 14.8. The predicted molar refractivity (Wildman–Crippen MR) is 92.9 cm³/mol. The first-order valence-electron chi connectivity index (χ1n) is 8.22. The monoisotopic (exact) mass is 331 g/mol. The number of amides is 1. The zero-order valence-corrected chi connectivity index (χ0v) is 14.8. The van der Waals surface area contributed by atoms with Crippen LogP contribution in [-0.2, 0) is 16.0 Å². The quantitative estimate of drug-likeness (QED) is 0.672. The van der Waals surface area contributed by atoms with Crippen LogP contribution in [-0.4, -0.2) is 24.2 Å². The molecule has 2 rings (SSSR count). The van der Waals surface area contributed by atoms with Gasteiger partial charge in [-0.2, -0.15) is 0 Å². The summed E-state index contributed by atoms with van der Waals surface area (Å²) in [4.78, 5) is 22.8. The molecular formula is C19H25NO4. The van der Waals surface area contributed by atoms with E-state index in [-0.39, 0.29) is 5.91 Å². The molecule has 1 aromatic carbocycles. The van der Waals surface area contributed by atoms with E-state index in [0.29, 0.717) is 12.3 Å². The lowest BCUT2D eigenvalue weighted by Gasteiger charge is -2.21. The van der Waals surface area contributed by atoms with Crippen molar-refractivity contribution in [2.24, 2.45) is 0 Å². The molecule has 0 fully saturated rings. The maximum absolute atomic E-state index is 11.8. The highest BCUT2D eigenvalue weighted by molar-refractivity contribution is 5.75. The van der Waals surface area contributed by atoms with Crippen LogP contribution in [0, 0.1) is 0 Å². The Hall–Kier alpha value is -2.30. The van der Waals surface area contributed by atoms with Gasteiger partial charge in [-0.1, -0.05) is 12.1 Å². The lowest BCUT2D eigenvalue weighted by atomic mass is 9.89. The van der Waals surface area contributed by atoms with Crippen molar-refractivity contribution in [3.8, 4) is 5.75 Å². The van der Waals surface area contributed by atoms with E-state index in [0.717, 1.165) is 24.8 Å². The second-order valence-electron chi connectivity index (χ2n) is 6.89. The molecule has 5 nitrogen and oxygen atoms in total. The summed E-state index contributed by atoms with van der Waals surface area (Å²) in [5.41, 5.74) is 2.88. The van der Waals surface area contributed by atoms with Crippen LogP contribution in [0.1, 0.15) is 51.7 Å². The molecule has 0 saturated carbocycles. The molecule has 24 heavy (non-hydrogen) atoms. The molecule has 0 aromatic heterocycles. The third-order valence-corrected chi connectivity index (χ3v) is 3.59. The second-order valence-corrected chi connectivity index (χ2v) is 6.89. The van der Waals surface area contributed by atoms with Crippen LogP contribution in [0.5, 0.6) is 5.75 Å². The minimum Gasteiger partial charge on any atom is -0.428 e. The summed E-state index contributed by atoms with van der Waals surface area (Å²) in [5, 5.41) is 2.81. The van der Waals surface area contributed by atoms with Crippen LogP contribution in [0.4, 0.5) is 4.79 Å². The third-order valence-electron chi connectivity index (χ3n) is 3.59. The van der Waals surface area contributed by atoms with Crippen LogP contribution in [0.2, 0.25) is 0 Å². The molecule has 5 heteroatoms. The van der Waals surface area contributed by atoms with Gasteiger partial charge in [-0.25, -0.2) is 4.79 Å². The van der Waals surface area contributed by atoms with Gasteiger partial charge in [0.05, 0.1) is 0 Å². The Bertz CT molecular complexity index is 656. The first-order valence-corrected chi connectivity index (χ1v) is 8.22. The fourth-order valence-corrected chi connectivity index (χ4v) is 2.62. The highest BCUT2D eigenvalue weighted by Crippen LogP contribution is 2.31. The number of benzene rings is 1. The van der Waals surface area contributed by atoms with Crippen LogP contribution < -0.4 is 10.1 Å². The van der Waals surface area contributed by atoms with Gasteiger partial charge < -0.3 is 14.8 Å². The average molecular weight is 331 g/mol. The normalized spacial score (nSPS) is 13.6. The molecule has 0 atom stereocenters. The van der Waals surface area contributed by atoms with Gasteiger partial charge in [0.2, 0.25) is 5.91 Å². The molecule has 1 aliphatic rings. The molecule has 0 unspecified atom stereocenters. The van der Waals surface area contributed by atoms with E-state index in [1.807, 2.05) is 12.1 Å². The topological polar surface area (TPSA) is 64.6 Å². The van der Waals surface area contributed by atoms with Crippen molar-refractivity contribution in [3.05, 3.63) is 35.4 Å². The number of carbonyl (C=O) groups is 2. The fourth-order valence-electron chi connectivity index (χ4n) is 2.62. The fraction of sp³-hybridized carbons (Fsp3) is 0.474. The molecule has 0 spiro atoms. The summed E-state index contributed by atoms with van der Waals surface area (Å²) in [7, 11) is 0. The Morgan fingerprint density at radius 3 is 2.67 bits per heavy atom. The summed E-state index contributed by atoms with van der Waals surface area (Å²) >= 11 is 0. The van der Waals surface area contributed by atoms with Gasteiger partial charge in [0, 0.05) is 13.5 Å². The van der Waals surface area contributed by atoms with Gasteiger partial charge in [-0.3, -0.25) is 4.79 Å². The first-order chi connectivity index (χ1) is 11.2. The lowest BCUT2D eigenvalue weighted by Crippen LogP contribution is -2.26. The molecule has 0 bridgehead atoms. The Balaban J connectivity index is 2.09. The molecule has 0 heterocycles. The maximum atomic E-state index is 11.8. The summed E-state index contributed by atoms with van der Waals surface area (Å²) in [6, 6.07) is 5.65. The smallest absolute Gasteiger partial charge is 0.428 e. The van der Waals surface area contributed by atoms with Gasteiger partial charge in [0.1, 0.15) is 11.4 Å². The maximum Gasteiger partial charge on any atom is 0.514 e. The van der Waals surface area contributed by atoms with Crippen molar-refractivity contribution < 1.29 is 19.1 Å². The van der Waals surface area contributed by atoms with Gasteiger partial charge in [-0.15, -0.1) is 0 Å². The predicted octanol–water partition coefficient (Wildman–Crippen LogP) is 3.86. The largest absolute Gasteiger partial charge is 0.514 e. The average Bonchev–Trinajstić information content (AvgIpc) is 2.45. The van der Waals surface area contributed by atoms with E-state index < -0.39 is 11.8 Å². The van der Waals surface area contributed by atoms with E-state index >= 15 is 0 Å². The van der Waals surface area contributed by atoms with E-state index in [2.05, 4.69) is 11.4 Å².